The smallest absolute Gasteiger partial charge is 0.332 e. The Kier molecular flexibility index (Phi) is 10.6. The van der Waals surface area contributed by atoms with Crippen LogP contribution in [0, 0.1) is 0 Å². The maximum Gasteiger partial charge on any atom is 0.332 e. The van der Waals surface area contributed by atoms with Crippen molar-refractivity contribution in [2.24, 2.45) is 0 Å². The minimum atomic E-state index is -1.14. The van der Waals surface area contributed by atoms with Crippen molar-refractivity contribution in [3.8, 4) is 0 Å². The minimum absolute atomic E-state index is 0.415. The van der Waals surface area contributed by atoms with E-state index < -0.39 is 35.2 Å². The van der Waals surface area contributed by atoms with E-state index in [4.69, 9.17) is 28.3 Å². The van der Waals surface area contributed by atoms with E-state index in [1.165, 1.54) is 7.11 Å². The molecule has 0 heterocycles. The molecule has 0 aromatic heterocycles. The van der Waals surface area contributed by atoms with Gasteiger partial charge in [-0.15, -0.1) is 23.2 Å². The van der Waals surface area contributed by atoms with Gasteiger partial charge < -0.3 is 9.84 Å². The number of amides is 1. The third-order valence-corrected chi connectivity index (χ3v) is 4.26. The van der Waals surface area contributed by atoms with Gasteiger partial charge in [0.25, 0.3) is 5.91 Å². The molecule has 150 valence electrons. The Morgan fingerprint density at radius 1 is 1.00 bits per heavy atom. The number of benzene rings is 2. The van der Waals surface area contributed by atoms with Crippen LogP contribution in [-0.4, -0.2) is 42.0 Å². The molecular formula is C19H19Cl2NO6. The molecule has 0 bridgehead atoms. The molecule has 2 aromatic rings. The summed E-state index contributed by atoms with van der Waals surface area (Å²) >= 11 is 11.8. The van der Waals surface area contributed by atoms with Crippen molar-refractivity contribution in [2.45, 2.75) is 10.8 Å². The van der Waals surface area contributed by atoms with E-state index in [9.17, 15) is 14.4 Å². The second-order valence-corrected chi connectivity index (χ2v) is 6.16. The number of carbonyl (C=O) groups excluding carboxylic acids is 2. The van der Waals surface area contributed by atoms with Gasteiger partial charge in [0.1, 0.15) is 0 Å². The summed E-state index contributed by atoms with van der Waals surface area (Å²) in [6.45, 7) is -0.557. The minimum Gasteiger partial charge on any atom is -0.479 e. The third kappa shape index (κ3) is 8.39. The van der Waals surface area contributed by atoms with Crippen molar-refractivity contribution < 1.29 is 29.1 Å². The molecule has 2 rings (SSSR count). The number of rotatable bonds is 7. The molecule has 0 saturated heterocycles. The lowest BCUT2D eigenvalue weighted by molar-refractivity contribution is -0.144. The summed E-state index contributed by atoms with van der Waals surface area (Å²) in [5, 5.41) is 6.80. The van der Waals surface area contributed by atoms with Crippen LogP contribution in [0.25, 0.3) is 0 Å². The van der Waals surface area contributed by atoms with E-state index in [2.05, 4.69) is 9.57 Å². The number of methoxy groups -OCH3 is 1. The standard InChI is InChI=1S/C10H10Cl2O2.C9H9NO4/c1-14-10(13)9(12)8(11)7-5-3-2-4-6-7;11-8(12)6-14-10-9(13)7-4-2-1-3-5-7/h2-6,8-9H,1H3;1-5H,6H2,(H,10,13)(H,11,12). The summed E-state index contributed by atoms with van der Waals surface area (Å²) in [4.78, 5) is 36.7. The number of carboxylic acid groups (broad SMARTS) is 1. The van der Waals surface area contributed by atoms with Crippen LogP contribution in [0.4, 0.5) is 0 Å². The van der Waals surface area contributed by atoms with Gasteiger partial charge in [-0.2, -0.15) is 0 Å². The summed E-state index contributed by atoms with van der Waals surface area (Å²) in [6.07, 6.45) is 0. The number of aliphatic carboxylic acids is 1. The van der Waals surface area contributed by atoms with Crippen molar-refractivity contribution in [1.82, 2.24) is 5.48 Å². The fraction of sp³-hybridized carbons (Fsp3) is 0.211. The molecule has 0 aliphatic heterocycles. The third-order valence-electron chi connectivity index (χ3n) is 3.20. The number of nitrogens with one attached hydrogen (secondary N) is 1. The van der Waals surface area contributed by atoms with Crippen molar-refractivity contribution in [3.05, 3.63) is 71.8 Å². The monoisotopic (exact) mass is 427 g/mol. The summed E-state index contributed by atoms with van der Waals surface area (Å²) in [5.74, 6) is -2.12. The highest BCUT2D eigenvalue weighted by Gasteiger charge is 2.26. The zero-order valence-electron chi connectivity index (χ0n) is 14.9. The van der Waals surface area contributed by atoms with Gasteiger partial charge >= 0.3 is 11.9 Å². The van der Waals surface area contributed by atoms with Crippen LogP contribution >= 0.6 is 23.2 Å². The van der Waals surface area contributed by atoms with Crippen LogP contribution in [0.3, 0.4) is 0 Å². The molecule has 1 amide bonds. The number of carboxylic acids is 1. The van der Waals surface area contributed by atoms with Crippen LogP contribution in [0.15, 0.2) is 60.7 Å². The fourth-order valence-corrected chi connectivity index (χ4v) is 2.33. The first-order valence-electron chi connectivity index (χ1n) is 7.96. The molecule has 0 saturated carbocycles. The Hall–Kier alpha value is -2.61. The van der Waals surface area contributed by atoms with E-state index in [-0.39, 0.29) is 0 Å². The van der Waals surface area contributed by atoms with Crippen LogP contribution in [0.1, 0.15) is 21.3 Å². The van der Waals surface area contributed by atoms with Gasteiger partial charge in [-0.3, -0.25) is 14.4 Å². The predicted octanol–water partition coefficient (Wildman–Crippen LogP) is 3.18. The zero-order valence-corrected chi connectivity index (χ0v) is 16.4. The average Bonchev–Trinajstić information content (AvgIpc) is 2.73. The summed E-state index contributed by atoms with van der Waals surface area (Å²) < 4.78 is 4.50. The largest absolute Gasteiger partial charge is 0.479 e. The highest BCUT2D eigenvalue weighted by atomic mass is 35.5. The van der Waals surface area contributed by atoms with Crippen molar-refractivity contribution >= 4 is 41.0 Å². The van der Waals surface area contributed by atoms with Crippen LogP contribution in [0.2, 0.25) is 0 Å². The predicted molar refractivity (Wildman–Crippen MR) is 104 cm³/mol. The lowest BCUT2D eigenvalue weighted by Crippen LogP contribution is -2.26. The van der Waals surface area contributed by atoms with Crippen molar-refractivity contribution in [2.75, 3.05) is 13.7 Å². The van der Waals surface area contributed by atoms with Gasteiger partial charge in [0.2, 0.25) is 0 Å². The van der Waals surface area contributed by atoms with Gasteiger partial charge in [-0.1, -0.05) is 48.5 Å². The average molecular weight is 428 g/mol. The van der Waals surface area contributed by atoms with E-state index in [1.54, 1.807) is 30.3 Å². The molecular weight excluding hydrogens is 409 g/mol. The van der Waals surface area contributed by atoms with Gasteiger partial charge in [0.05, 0.1) is 12.5 Å². The van der Waals surface area contributed by atoms with Crippen LogP contribution < -0.4 is 5.48 Å². The molecule has 0 fully saturated rings. The number of hydrogen-bond donors (Lipinski definition) is 2. The first-order valence-corrected chi connectivity index (χ1v) is 8.84. The molecule has 2 N–H and O–H groups in total. The second kappa shape index (κ2) is 12.7. The number of halogens is 2. The van der Waals surface area contributed by atoms with E-state index in [1.807, 2.05) is 35.8 Å². The first kappa shape index (κ1) is 23.4. The van der Waals surface area contributed by atoms with Crippen LogP contribution in [-0.2, 0) is 19.2 Å². The van der Waals surface area contributed by atoms with Crippen LogP contribution in [0.5, 0.6) is 0 Å². The molecule has 2 unspecified atom stereocenters. The molecule has 7 nitrogen and oxygen atoms in total. The van der Waals surface area contributed by atoms with Gasteiger partial charge in [0, 0.05) is 5.56 Å². The second-order valence-electron chi connectivity index (χ2n) is 5.22. The number of ether oxygens (including phenoxy) is 1. The Balaban J connectivity index is 0.000000280. The fourth-order valence-electron chi connectivity index (χ4n) is 1.85. The molecule has 9 heteroatoms. The molecule has 2 atom stereocenters. The van der Waals surface area contributed by atoms with E-state index in [0.717, 1.165) is 5.56 Å². The van der Waals surface area contributed by atoms with Crippen molar-refractivity contribution in [1.29, 1.82) is 0 Å². The molecule has 0 spiro atoms. The zero-order chi connectivity index (χ0) is 20.9. The quantitative estimate of drug-likeness (QED) is 0.399. The number of carbonyl (C=O) groups is 3. The number of alkyl halides is 2. The Bertz CT molecular complexity index is 758. The molecule has 0 radical (unpaired) electrons. The number of esters is 1. The molecule has 28 heavy (non-hydrogen) atoms. The van der Waals surface area contributed by atoms with Gasteiger partial charge in [-0.25, -0.2) is 10.3 Å². The molecule has 2 aromatic carbocycles. The summed E-state index contributed by atoms with van der Waals surface area (Å²) in [6, 6.07) is 17.5. The SMILES string of the molecule is COC(=O)C(Cl)C(Cl)c1ccccc1.O=C(O)CONC(=O)c1ccccc1. The first-order chi connectivity index (χ1) is 13.4. The van der Waals surface area contributed by atoms with Gasteiger partial charge in [-0.05, 0) is 17.7 Å². The van der Waals surface area contributed by atoms with E-state index >= 15 is 0 Å². The summed E-state index contributed by atoms with van der Waals surface area (Å²) in [7, 11) is 1.28. The van der Waals surface area contributed by atoms with Gasteiger partial charge in [0.15, 0.2) is 12.0 Å². The van der Waals surface area contributed by atoms with Crippen molar-refractivity contribution in [3.63, 3.8) is 0 Å². The normalized spacial score (nSPS) is 12.0. The number of hydroxylamine groups is 1. The Labute approximate surface area is 172 Å². The maximum atomic E-state index is 11.2. The Morgan fingerprint density at radius 2 is 1.54 bits per heavy atom. The maximum absolute atomic E-state index is 11.2. The van der Waals surface area contributed by atoms with E-state index in [0.29, 0.717) is 5.56 Å². The highest BCUT2D eigenvalue weighted by molar-refractivity contribution is 6.36. The lowest BCUT2D eigenvalue weighted by atomic mass is 10.1. The molecule has 0 aliphatic rings. The lowest BCUT2D eigenvalue weighted by Gasteiger charge is -2.13. The number of hydrogen-bond acceptors (Lipinski definition) is 5. The Morgan fingerprint density at radius 3 is 2.04 bits per heavy atom. The molecule has 0 aliphatic carbocycles. The summed E-state index contributed by atoms with van der Waals surface area (Å²) in [5.41, 5.74) is 3.23. The highest BCUT2D eigenvalue weighted by Crippen LogP contribution is 2.28. The topological polar surface area (TPSA) is 102 Å².